The van der Waals surface area contributed by atoms with Crippen molar-refractivity contribution in [3.63, 3.8) is 0 Å². The minimum atomic E-state index is -0.207. The molecule has 1 aliphatic heterocycles. The van der Waals surface area contributed by atoms with Gasteiger partial charge >= 0.3 is 0 Å². The summed E-state index contributed by atoms with van der Waals surface area (Å²) < 4.78 is 0. The molecule has 1 unspecified atom stereocenters. The van der Waals surface area contributed by atoms with Crippen molar-refractivity contribution in [3.05, 3.63) is 0 Å². The minimum absolute atomic E-state index is 0.207. The Kier molecular flexibility index (Phi) is 4.70. The molecule has 1 rings (SSSR count). The number of nitrogens with one attached hydrogen (secondary N) is 1. The molecule has 13 heavy (non-hydrogen) atoms. The third-order valence-corrected chi connectivity index (χ3v) is 2.61. The Bertz CT molecular complexity index is 133. The average Bonchev–Trinajstić information content (AvgIpc) is 2.55. The van der Waals surface area contributed by atoms with Crippen LogP contribution in [-0.2, 0) is 0 Å². The van der Waals surface area contributed by atoms with Gasteiger partial charge in [0.25, 0.3) is 0 Å². The summed E-state index contributed by atoms with van der Waals surface area (Å²) in [6, 6.07) is 0.652. The quantitative estimate of drug-likeness (QED) is 0.654. The van der Waals surface area contributed by atoms with Crippen LogP contribution in [0.5, 0.6) is 0 Å². The van der Waals surface area contributed by atoms with Crippen molar-refractivity contribution in [1.82, 2.24) is 10.2 Å². The lowest BCUT2D eigenvalue weighted by Gasteiger charge is -2.25. The Labute approximate surface area is 81.1 Å². The van der Waals surface area contributed by atoms with E-state index in [4.69, 9.17) is 0 Å². The Morgan fingerprint density at radius 3 is 2.85 bits per heavy atom. The van der Waals surface area contributed by atoms with Crippen molar-refractivity contribution in [2.45, 2.75) is 38.8 Å². The third-order valence-electron chi connectivity index (χ3n) is 2.61. The number of aliphatic hydroxyl groups excluding tert-OH is 1. The van der Waals surface area contributed by atoms with E-state index in [2.05, 4.69) is 17.1 Å². The first-order valence-electron chi connectivity index (χ1n) is 5.36. The molecule has 3 heteroatoms. The standard InChI is InChI=1S/C10H22N2O/c1-3-12(7-9(2)13)8-10-5-4-6-11-10/h9-11,13H,3-8H2,1-2H3/t9-,10?/m0/s1. The fraction of sp³-hybridized carbons (Fsp3) is 1.00. The van der Waals surface area contributed by atoms with Crippen LogP contribution in [0.2, 0.25) is 0 Å². The van der Waals surface area contributed by atoms with E-state index in [-0.39, 0.29) is 6.10 Å². The highest BCUT2D eigenvalue weighted by atomic mass is 16.3. The molecule has 1 fully saturated rings. The molecule has 0 bridgehead atoms. The summed E-state index contributed by atoms with van der Waals surface area (Å²) in [6.45, 7) is 8.08. The van der Waals surface area contributed by atoms with Gasteiger partial charge in [0.15, 0.2) is 0 Å². The van der Waals surface area contributed by atoms with Gasteiger partial charge in [0.1, 0.15) is 0 Å². The number of aliphatic hydroxyl groups is 1. The van der Waals surface area contributed by atoms with Gasteiger partial charge in [0.05, 0.1) is 6.10 Å². The van der Waals surface area contributed by atoms with Gasteiger partial charge in [-0.2, -0.15) is 0 Å². The van der Waals surface area contributed by atoms with Crippen LogP contribution in [0, 0.1) is 0 Å². The minimum Gasteiger partial charge on any atom is -0.392 e. The summed E-state index contributed by atoms with van der Waals surface area (Å²) in [5.74, 6) is 0. The van der Waals surface area contributed by atoms with Crippen molar-refractivity contribution < 1.29 is 5.11 Å². The van der Waals surface area contributed by atoms with Gasteiger partial charge in [-0.05, 0) is 32.9 Å². The summed E-state index contributed by atoms with van der Waals surface area (Å²) in [5, 5.41) is 12.7. The van der Waals surface area contributed by atoms with E-state index in [0.29, 0.717) is 6.04 Å². The molecule has 0 aromatic rings. The normalized spacial score (nSPS) is 25.4. The number of nitrogens with zero attached hydrogens (tertiary/aromatic N) is 1. The summed E-state index contributed by atoms with van der Waals surface area (Å²) in [5.41, 5.74) is 0. The van der Waals surface area contributed by atoms with Crippen LogP contribution in [0.3, 0.4) is 0 Å². The highest BCUT2D eigenvalue weighted by Gasteiger charge is 2.17. The van der Waals surface area contributed by atoms with E-state index < -0.39 is 0 Å². The number of likely N-dealkylation sites (N-methyl/N-ethyl adjacent to an activating group) is 1. The SMILES string of the molecule is CCN(CC1CCCN1)C[C@H](C)O. The lowest BCUT2D eigenvalue weighted by Crippen LogP contribution is -2.40. The molecule has 0 amide bonds. The van der Waals surface area contributed by atoms with Gasteiger partial charge in [-0.3, -0.25) is 4.90 Å². The lowest BCUT2D eigenvalue weighted by atomic mass is 10.2. The van der Waals surface area contributed by atoms with Crippen LogP contribution >= 0.6 is 0 Å². The Morgan fingerprint density at radius 2 is 2.38 bits per heavy atom. The first kappa shape index (κ1) is 11.0. The summed E-state index contributed by atoms with van der Waals surface area (Å²) in [4.78, 5) is 2.31. The van der Waals surface area contributed by atoms with Crippen LogP contribution in [-0.4, -0.2) is 48.3 Å². The second-order valence-corrected chi connectivity index (χ2v) is 3.99. The predicted octanol–water partition coefficient (Wildman–Crippen LogP) is 0.441. The van der Waals surface area contributed by atoms with E-state index in [0.717, 1.165) is 26.2 Å². The molecule has 1 heterocycles. The zero-order valence-electron chi connectivity index (χ0n) is 8.79. The van der Waals surface area contributed by atoms with Crippen molar-refractivity contribution in [2.75, 3.05) is 26.2 Å². The van der Waals surface area contributed by atoms with Crippen molar-refractivity contribution in [3.8, 4) is 0 Å². The molecule has 2 atom stereocenters. The molecule has 0 aliphatic carbocycles. The molecule has 0 spiro atoms. The first-order chi connectivity index (χ1) is 6.22. The van der Waals surface area contributed by atoms with Gasteiger partial charge in [-0.25, -0.2) is 0 Å². The molecule has 0 aromatic carbocycles. The van der Waals surface area contributed by atoms with Crippen LogP contribution in [0.1, 0.15) is 26.7 Å². The summed E-state index contributed by atoms with van der Waals surface area (Å²) >= 11 is 0. The molecule has 2 N–H and O–H groups in total. The molecule has 0 aromatic heterocycles. The zero-order chi connectivity index (χ0) is 9.68. The molecular formula is C10H22N2O. The molecule has 1 saturated heterocycles. The van der Waals surface area contributed by atoms with Gasteiger partial charge in [0, 0.05) is 19.1 Å². The Morgan fingerprint density at radius 1 is 1.62 bits per heavy atom. The predicted molar refractivity (Wildman–Crippen MR) is 54.8 cm³/mol. The van der Waals surface area contributed by atoms with Crippen molar-refractivity contribution >= 4 is 0 Å². The van der Waals surface area contributed by atoms with E-state index in [1.165, 1.54) is 12.8 Å². The van der Waals surface area contributed by atoms with Gasteiger partial charge in [-0.1, -0.05) is 6.92 Å². The topological polar surface area (TPSA) is 35.5 Å². The number of hydrogen-bond donors (Lipinski definition) is 2. The van der Waals surface area contributed by atoms with E-state index in [9.17, 15) is 5.11 Å². The van der Waals surface area contributed by atoms with Crippen molar-refractivity contribution in [1.29, 1.82) is 0 Å². The maximum Gasteiger partial charge on any atom is 0.0639 e. The van der Waals surface area contributed by atoms with Crippen LogP contribution < -0.4 is 5.32 Å². The van der Waals surface area contributed by atoms with Gasteiger partial charge in [-0.15, -0.1) is 0 Å². The molecule has 3 nitrogen and oxygen atoms in total. The highest BCUT2D eigenvalue weighted by Crippen LogP contribution is 2.07. The monoisotopic (exact) mass is 186 g/mol. The second kappa shape index (κ2) is 5.58. The average molecular weight is 186 g/mol. The van der Waals surface area contributed by atoms with E-state index >= 15 is 0 Å². The summed E-state index contributed by atoms with van der Waals surface area (Å²) in [6.07, 6.45) is 2.38. The largest absolute Gasteiger partial charge is 0.392 e. The maximum absolute atomic E-state index is 9.27. The zero-order valence-corrected chi connectivity index (χ0v) is 8.79. The number of hydrogen-bond acceptors (Lipinski definition) is 3. The van der Waals surface area contributed by atoms with Crippen molar-refractivity contribution in [2.24, 2.45) is 0 Å². The number of rotatable bonds is 5. The first-order valence-corrected chi connectivity index (χ1v) is 5.36. The Balaban J connectivity index is 2.21. The molecular weight excluding hydrogens is 164 g/mol. The molecule has 1 aliphatic rings. The fourth-order valence-electron chi connectivity index (χ4n) is 1.93. The second-order valence-electron chi connectivity index (χ2n) is 3.99. The molecule has 78 valence electrons. The Hall–Kier alpha value is -0.120. The maximum atomic E-state index is 9.27. The third kappa shape index (κ3) is 4.07. The smallest absolute Gasteiger partial charge is 0.0639 e. The van der Waals surface area contributed by atoms with E-state index in [1.54, 1.807) is 0 Å². The molecule has 0 saturated carbocycles. The lowest BCUT2D eigenvalue weighted by molar-refractivity contribution is 0.124. The van der Waals surface area contributed by atoms with Gasteiger partial charge in [0.2, 0.25) is 0 Å². The van der Waals surface area contributed by atoms with Crippen LogP contribution in [0.25, 0.3) is 0 Å². The molecule has 0 radical (unpaired) electrons. The summed E-state index contributed by atoms with van der Waals surface area (Å²) in [7, 11) is 0. The highest BCUT2D eigenvalue weighted by molar-refractivity contribution is 4.77. The van der Waals surface area contributed by atoms with Gasteiger partial charge < -0.3 is 10.4 Å². The van der Waals surface area contributed by atoms with E-state index in [1.807, 2.05) is 6.92 Å². The van der Waals surface area contributed by atoms with Crippen LogP contribution in [0.4, 0.5) is 0 Å². The van der Waals surface area contributed by atoms with Crippen LogP contribution in [0.15, 0.2) is 0 Å². The fourth-order valence-corrected chi connectivity index (χ4v) is 1.93.